The van der Waals surface area contributed by atoms with Gasteiger partial charge < -0.3 is 10.5 Å². The Kier molecular flexibility index (Phi) is 2.94. The number of rotatable bonds is 2. The van der Waals surface area contributed by atoms with Crippen molar-refractivity contribution in [1.82, 2.24) is 20.0 Å². The quantitative estimate of drug-likeness (QED) is 0.868. The van der Waals surface area contributed by atoms with E-state index in [-0.39, 0.29) is 11.8 Å². The van der Waals surface area contributed by atoms with Crippen LogP contribution in [0.15, 0.2) is 17.7 Å². The maximum Gasteiger partial charge on any atom is 0.244 e. The number of aromatic amines is 1. The summed E-state index contributed by atoms with van der Waals surface area (Å²) in [6.45, 7) is 6.61. The molecule has 0 saturated heterocycles. The zero-order valence-corrected chi connectivity index (χ0v) is 12.1. The van der Waals surface area contributed by atoms with Crippen molar-refractivity contribution in [3.63, 3.8) is 0 Å². The number of allylic oxidation sites excluding steroid dienone is 1. The number of fused-ring (bicyclic) bond motifs is 1. The Bertz CT molecular complexity index is 776. The molecule has 1 aliphatic heterocycles. The van der Waals surface area contributed by atoms with Crippen LogP contribution >= 0.6 is 0 Å². The molecule has 0 aromatic carbocycles. The smallest absolute Gasteiger partial charge is 0.244 e. The molecule has 3 N–H and O–H groups in total. The van der Waals surface area contributed by atoms with Gasteiger partial charge in [-0.3, -0.25) is 9.78 Å². The highest BCUT2D eigenvalue weighted by Gasteiger charge is 2.35. The standard InChI is InChI=1S/C14H16N6O/c1-4-20-6-10(7(2)19-20)12-9(5-15)13(16)21-14-11(12)8(3)17-18-14/h6,12H,4,16H2,1-3H3,(H,17,18). The van der Waals surface area contributed by atoms with Gasteiger partial charge in [-0.2, -0.15) is 10.4 Å². The summed E-state index contributed by atoms with van der Waals surface area (Å²) in [6.07, 6.45) is 1.95. The Morgan fingerprint density at radius 1 is 1.52 bits per heavy atom. The first-order valence-corrected chi connectivity index (χ1v) is 6.73. The van der Waals surface area contributed by atoms with Gasteiger partial charge in [0.25, 0.3) is 0 Å². The summed E-state index contributed by atoms with van der Waals surface area (Å²) in [7, 11) is 0. The lowest BCUT2D eigenvalue weighted by molar-refractivity contribution is 0.378. The van der Waals surface area contributed by atoms with Crippen molar-refractivity contribution >= 4 is 0 Å². The van der Waals surface area contributed by atoms with E-state index >= 15 is 0 Å². The minimum atomic E-state index is -0.294. The fourth-order valence-electron chi connectivity index (χ4n) is 2.69. The van der Waals surface area contributed by atoms with Gasteiger partial charge in [0.05, 0.1) is 11.6 Å². The van der Waals surface area contributed by atoms with Crippen LogP contribution in [-0.4, -0.2) is 20.0 Å². The molecule has 3 rings (SSSR count). The Morgan fingerprint density at radius 3 is 2.90 bits per heavy atom. The molecule has 7 heteroatoms. The molecular weight excluding hydrogens is 268 g/mol. The molecule has 1 atom stereocenters. The van der Waals surface area contributed by atoms with Gasteiger partial charge in [-0.25, -0.2) is 0 Å². The van der Waals surface area contributed by atoms with Gasteiger partial charge in [-0.05, 0) is 20.8 Å². The minimum absolute atomic E-state index is 0.102. The fourth-order valence-corrected chi connectivity index (χ4v) is 2.69. The van der Waals surface area contributed by atoms with Crippen molar-refractivity contribution in [3.05, 3.63) is 40.2 Å². The molecule has 7 nitrogen and oxygen atoms in total. The molecule has 0 aliphatic carbocycles. The maximum atomic E-state index is 9.48. The second kappa shape index (κ2) is 4.66. The highest BCUT2D eigenvalue weighted by atomic mass is 16.5. The molecule has 3 heterocycles. The van der Waals surface area contributed by atoms with E-state index in [9.17, 15) is 5.26 Å². The summed E-state index contributed by atoms with van der Waals surface area (Å²) >= 11 is 0. The highest BCUT2D eigenvalue weighted by Crippen LogP contribution is 2.43. The number of nitrogens with two attached hydrogens (primary N) is 1. The fraction of sp³-hybridized carbons (Fsp3) is 0.357. The molecule has 0 fully saturated rings. The zero-order valence-electron chi connectivity index (χ0n) is 12.1. The van der Waals surface area contributed by atoms with E-state index in [1.165, 1.54) is 0 Å². The summed E-state index contributed by atoms with van der Waals surface area (Å²) in [5.41, 5.74) is 9.81. The van der Waals surface area contributed by atoms with E-state index in [1.807, 2.05) is 31.6 Å². The molecule has 108 valence electrons. The lowest BCUT2D eigenvalue weighted by Crippen LogP contribution is -2.21. The summed E-state index contributed by atoms with van der Waals surface area (Å²) < 4.78 is 7.29. The lowest BCUT2D eigenvalue weighted by atomic mass is 9.84. The molecule has 2 aromatic rings. The Hall–Kier alpha value is -2.75. The third kappa shape index (κ3) is 1.88. The van der Waals surface area contributed by atoms with Crippen molar-refractivity contribution in [3.8, 4) is 11.9 Å². The molecular formula is C14H16N6O. The number of aryl methyl sites for hydroxylation is 3. The van der Waals surface area contributed by atoms with Crippen LogP contribution in [0, 0.1) is 25.2 Å². The maximum absolute atomic E-state index is 9.48. The van der Waals surface area contributed by atoms with Crippen LogP contribution in [0.1, 0.15) is 35.4 Å². The molecule has 0 radical (unpaired) electrons. The Morgan fingerprint density at radius 2 is 2.29 bits per heavy atom. The van der Waals surface area contributed by atoms with Crippen molar-refractivity contribution in [2.75, 3.05) is 0 Å². The Labute approximate surface area is 122 Å². The zero-order chi connectivity index (χ0) is 15.1. The second-order valence-corrected chi connectivity index (χ2v) is 5.02. The first kappa shape index (κ1) is 13.2. The van der Waals surface area contributed by atoms with Crippen molar-refractivity contribution in [1.29, 1.82) is 5.26 Å². The van der Waals surface area contributed by atoms with Gasteiger partial charge in [0.15, 0.2) is 0 Å². The van der Waals surface area contributed by atoms with Crippen LogP contribution in [0.3, 0.4) is 0 Å². The number of nitrogens with zero attached hydrogens (tertiary/aromatic N) is 4. The predicted octanol–water partition coefficient (Wildman–Crippen LogP) is 1.46. The van der Waals surface area contributed by atoms with Crippen molar-refractivity contribution in [2.45, 2.75) is 33.2 Å². The average Bonchev–Trinajstić information content (AvgIpc) is 3.01. The Balaban J connectivity index is 2.24. The van der Waals surface area contributed by atoms with E-state index < -0.39 is 0 Å². The number of H-pyrrole nitrogens is 1. The van der Waals surface area contributed by atoms with Crippen LogP contribution in [0.5, 0.6) is 5.88 Å². The number of nitriles is 1. The van der Waals surface area contributed by atoms with Crippen LogP contribution in [0.2, 0.25) is 0 Å². The van der Waals surface area contributed by atoms with Gasteiger partial charge in [0.2, 0.25) is 11.8 Å². The monoisotopic (exact) mass is 284 g/mol. The summed E-state index contributed by atoms with van der Waals surface area (Å²) in [4.78, 5) is 0. The summed E-state index contributed by atoms with van der Waals surface area (Å²) in [6, 6.07) is 2.17. The third-order valence-electron chi connectivity index (χ3n) is 3.75. The van der Waals surface area contributed by atoms with Crippen LogP contribution in [0.4, 0.5) is 0 Å². The van der Waals surface area contributed by atoms with E-state index in [4.69, 9.17) is 10.5 Å². The summed E-state index contributed by atoms with van der Waals surface area (Å²) in [5.74, 6) is 0.237. The molecule has 21 heavy (non-hydrogen) atoms. The molecule has 0 spiro atoms. The second-order valence-electron chi connectivity index (χ2n) is 5.02. The first-order chi connectivity index (χ1) is 10.1. The number of hydrogen-bond acceptors (Lipinski definition) is 5. The van der Waals surface area contributed by atoms with Gasteiger partial charge in [-0.1, -0.05) is 0 Å². The topological polar surface area (TPSA) is 106 Å². The third-order valence-corrected chi connectivity index (χ3v) is 3.75. The average molecular weight is 284 g/mol. The van der Waals surface area contributed by atoms with Gasteiger partial charge in [-0.15, -0.1) is 5.10 Å². The molecule has 1 aliphatic rings. The number of hydrogen-bond donors (Lipinski definition) is 2. The van der Waals surface area contributed by atoms with Gasteiger partial charge >= 0.3 is 0 Å². The number of nitrogens with one attached hydrogen (secondary N) is 1. The normalized spacial score (nSPS) is 17.3. The largest absolute Gasteiger partial charge is 0.420 e. The van der Waals surface area contributed by atoms with E-state index in [2.05, 4.69) is 21.4 Å². The van der Waals surface area contributed by atoms with Crippen LogP contribution < -0.4 is 10.5 Å². The minimum Gasteiger partial charge on any atom is -0.420 e. The first-order valence-electron chi connectivity index (χ1n) is 6.73. The van der Waals surface area contributed by atoms with Gasteiger partial charge in [0, 0.05) is 29.6 Å². The SMILES string of the molecule is CCn1cc(C2C(C#N)=C(N)Oc3n[nH]c(C)c32)c(C)n1. The summed E-state index contributed by atoms with van der Waals surface area (Å²) in [5, 5.41) is 20.9. The molecule has 0 amide bonds. The van der Waals surface area contributed by atoms with Gasteiger partial charge in [0.1, 0.15) is 11.6 Å². The predicted molar refractivity (Wildman–Crippen MR) is 75.3 cm³/mol. The van der Waals surface area contributed by atoms with E-state index in [1.54, 1.807) is 0 Å². The highest BCUT2D eigenvalue weighted by molar-refractivity contribution is 5.55. The van der Waals surface area contributed by atoms with Crippen molar-refractivity contribution < 1.29 is 4.74 Å². The molecule has 0 saturated carbocycles. The molecule has 1 unspecified atom stereocenters. The lowest BCUT2D eigenvalue weighted by Gasteiger charge is -2.22. The molecule has 0 bridgehead atoms. The molecule has 2 aromatic heterocycles. The van der Waals surface area contributed by atoms with E-state index in [0.29, 0.717) is 11.5 Å². The van der Waals surface area contributed by atoms with Crippen LogP contribution in [0.25, 0.3) is 0 Å². The number of aromatic nitrogens is 4. The van der Waals surface area contributed by atoms with Crippen LogP contribution in [-0.2, 0) is 6.54 Å². The van der Waals surface area contributed by atoms with Crippen molar-refractivity contribution in [2.24, 2.45) is 5.73 Å². The van der Waals surface area contributed by atoms with E-state index in [0.717, 1.165) is 29.1 Å². The number of ether oxygens (including phenoxy) is 1.